The van der Waals surface area contributed by atoms with Gasteiger partial charge in [0.15, 0.2) is 0 Å². The predicted octanol–water partition coefficient (Wildman–Crippen LogP) is 11.9. The van der Waals surface area contributed by atoms with Crippen molar-refractivity contribution in [3.05, 3.63) is 151 Å². The van der Waals surface area contributed by atoms with Gasteiger partial charge in [-0.15, -0.1) is 11.3 Å². The molecule has 7 aromatic rings. The largest absolute Gasteiger partial charge is 0.135 e. The SMILES string of the molecule is C1=CCCC(c2cc(-c3ccccc3)cc(-c3ccc4sc5ccc(-c6cccc7ccccc67)cc5c4c3)c2)=C1. The van der Waals surface area contributed by atoms with Crippen LogP contribution in [-0.4, -0.2) is 0 Å². The Morgan fingerprint density at radius 3 is 1.95 bits per heavy atom. The first kappa shape index (κ1) is 24.1. The number of benzene rings is 6. The van der Waals surface area contributed by atoms with E-state index in [1.807, 2.05) is 11.3 Å². The van der Waals surface area contributed by atoms with Crippen molar-refractivity contribution in [2.45, 2.75) is 12.8 Å². The van der Waals surface area contributed by atoms with Crippen LogP contribution in [0.3, 0.4) is 0 Å². The molecule has 8 rings (SSSR count). The van der Waals surface area contributed by atoms with Crippen molar-refractivity contribution >= 4 is 47.9 Å². The van der Waals surface area contributed by atoms with Gasteiger partial charge in [-0.25, -0.2) is 0 Å². The van der Waals surface area contributed by atoms with E-state index in [1.165, 1.54) is 75.5 Å². The van der Waals surface area contributed by atoms with Gasteiger partial charge in [0, 0.05) is 20.2 Å². The van der Waals surface area contributed by atoms with Crippen LogP contribution in [0.5, 0.6) is 0 Å². The first-order valence-corrected chi connectivity index (χ1v) is 15.1. The van der Waals surface area contributed by atoms with E-state index in [4.69, 9.17) is 0 Å². The molecule has 0 saturated heterocycles. The summed E-state index contributed by atoms with van der Waals surface area (Å²) in [6.07, 6.45) is 8.92. The molecule has 0 bridgehead atoms. The van der Waals surface area contributed by atoms with Gasteiger partial charge in [0.1, 0.15) is 0 Å². The van der Waals surface area contributed by atoms with Crippen molar-refractivity contribution < 1.29 is 0 Å². The summed E-state index contributed by atoms with van der Waals surface area (Å²) in [5, 5.41) is 5.24. The first-order valence-electron chi connectivity index (χ1n) is 14.3. The molecule has 0 unspecified atom stereocenters. The maximum atomic E-state index is 2.41. The van der Waals surface area contributed by atoms with E-state index in [0.29, 0.717) is 0 Å². The summed E-state index contributed by atoms with van der Waals surface area (Å²) >= 11 is 1.88. The van der Waals surface area contributed by atoms with Crippen LogP contribution in [0.15, 0.2) is 146 Å². The predicted molar refractivity (Wildman–Crippen MR) is 179 cm³/mol. The molecule has 1 aliphatic rings. The highest BCUT2D eigenvalue weighted by atomic mass is 32.1. The molecule has 0 radical (unpaired) electrons. The van der Waals surface area contributed by atoms with Crippen molar-refractivity contribution in [3.63, 3.8) is 0 Å². The molecule has 0 atom stereocenters. The molecule has 0 spiro atoms. The molecule has 1 heteroatoms. The van der Waals surface area contributed by atoms with Crippen LogP contribution >= 0.6 is 11.3 Å². The van der Waals surface area contributed by atoms with Gasteiger partial charge in [0.05, 0.1) is 0 Å². The maximum absolute atomic E-state index is 2.41. The summed E-state index contributed by atoms with van der Waals surface area (Å²) in [5.41, 5.74) is 10.3. The smallest absolute Gasteiger partial charge is 0.0355 e. The van der Waals surface area contributed by atoms with E-state index in [2.05, 4.69) is 146 Å². The lowest BCUT2D eigenvalue weighted by Crippen LogP contribution is -1.91. The van der Waals surface area contributed by atoms with Crippen LogP contribution in [0.4, 0.5) is 0 Å². The quantitative estimate of drug-likeness (QED) is 0.208. The molecule has 1 aliphatic carbocycles. The molecular weight excluding hydrogens is 513 g/mol. The van der Waals surface area contributed by atoms with Crippen LogP contribution in [0.25, 0.3) is 69.9 Å². The van der Waals surface area contributed by atoms with Gasteiger partial charge in [-0.3, -0.25) is 0 Å². The van der Waals surface area contributed by atoms with Crippen molar-refractivity contribution in [3.8, 4) is 33.4 Å². The van der Waals surface area contributed by atoms with Gasteiger partial charge in [-0.1, -0.05) is 103 Å². The van der Waals surface area contributed by atoms with Crippen LogP contribution in [0.2, 0.25) is 0 Å². The zero-order valence-electron chi connectivity index (χ0n) is 22.7. The zero-order valence-corrected chi connectivity index (χ0v) is 23.5. The summed E-state index contributed by atoms with van der Waals surface area (Å²) in [4.78, 5) is 0. The Morgan fingerprint density at radius 2 is 1.15 bits per heavy atom. The minimum Gasteiger partial charge on any atom is -0.135 e. The Kier molecular flexibility index (Phi) is 5.90. The standard InChI is InChI=1S/C40H28S/c1-3-10-27(11-4-1)32-22-33(28-12-5-2-6-13-28)24-34(23-32)30-18-20-39-37(25-30)38-26-31(19-21-40(38)41-39)36-17-9-15-29-14-7-8-16-35(29)36/h1-5,7-12,14-26H,6,13H2. The minimum atomic E-state index is 1.08. The molecule has 0 fully saturated rings. The molecule has 0 saturated carbocycles. The highest BCUT2D eigenvalue weighted by molar-refractivity contribution is 7.25. The average Bonchev–Trinajstić information content (AvgIpc) is 3.42. The van der Waals surface area contributed by atoms with Crippen LogP contribution < -0.4 is 0 Å². The summed E-state index contributed by atoms with van der Waals surface area (Å²) in [6, 6.07) is 47.1. The topological polar surface area (TPSA) is 0 Å². The normalized spacial score (nSPS) is 13.2. The Bertz CT molecular complexity index is 2130. The molecule has 6 aromatic carbocycles. The third-order valence-electron chi connectivity index (χ3n) is 8.33. The second kappa shape index (κ2) is 10.0. The monoisotopic (exact) mass is 540 g/mol. The molecular formula is C40H28S. The van der Waals surface area contributed by atoms with E-state index in [0.717, 1.165) is 12.8 Å². The lowest BCUT2D eigenvalue weighted by Gasteiger charge is -2.14. The summed E-state index contributed by atoms with van der Waals surface area (Å²) in [7, 11) is 0. The highest BCUT2D eigenvalue weighted by Gasteiger charge is 2.13. The Balaban J connectivity index is 1.30. The van der Waals surface area contributed by atoms with E-state index in [9.17, 15) is 0 Å². The Hall–Kier alpha value is -4.72. The van der Waals surface area contributed by atoms with Crippen LogP contribution in [0, 0.1) is 0 Å². The maximum Gasteiger partial charge on any atom is 0.0355 e. The third kappa shape index (κ3) is 4.40. The van der Waals surface area contributed by atoms with Crippen molar-refractivity contribution in [2.75, 3.05) is 0 Å². The van der Waals surface area contributed by atoms with E-state index in [-0.39, 0.29) is 0 Å². The third-order valence-corrected chi connectivity index (χ3v) is 9.48. The summed E-state index contributed by atoms with van der Waals surface area (Å²) in [6.45, 7) is 0. The lowest BCUT2D eigenvalue weighted by molar-refractivity contribution is 1.05. The Morgan fingerprint density at radius 1 is 0.463 bits per heavy atom. The molecule has 41 heavy (non-hydrogen) atoms. The fraction of sp³-hybridized carbons (Fsp3) is 0.0500. The van der Waals surface area contributed by atoms with E-state index < -0.39 is 0 Å². The van der Waals surface area contributed by atoms with E-state index >= 15 is 0 Å². The Labute approximate surface area is 244 Å². The molecule has 1 aromatic heterocycles. The lowest BCUT2D eigenvalue weighted by atomic mass is 9.90. The van der Waals surface area contributed by atoms with Gasteiger partial charge in [-0.05, 0) is 111 Å². The van der Waals surface area contributed by atoms with Gasteiger partial charge in [0.2, 0.25) is 0 Å². The highest BCUT2D eigenvalue weighted by Crippen LogP contribution is 2.41. The fourth-order valence-electron chi connectivity index (χ4n) is 6.22. The molecule has 0 amide bonds. The molecule has 194 valence electrons. The minimum absolute atomic E-state index is 1.08. The number of allylic oxidation sites excluding steroid dienone is 4. The average molecular weight is 541 g/mol. The number of thiophene rings is 1. The van der Waals surface area contributed by atoms with Crippen LogP contribution in [-0.2, 0) is 0 Å². The summed E-state index contributed by atoms with van der Waals surface area (Å²) < 4.78 is 2.66. The molecule has 0 N–H and O–H groups in total. The number of rotatable bonds is 4. The summed E-state index contributed by atoms with van der Waals surface area (Å²) in [5.74, 6) is 0. The number of fused-ring (bicyclic) bond motifs is 4. The number of hydrogen-bond donors (Lipinski definition) is 0. The molecule has 1 heterocycles. The van der Waals surface area contributed by atoms with Gasteiger partial charge < -0.3 is 0 Å². The van der Waals surface area contributed by atoms with Gasteiger partial charge >= 0.3 is 0 Å². The van der Waals surface area contributed by atoms with Gasteiger partial charge in [0.25, 0.3) is 0 Å². The van der Waals surface area contributed by atoms with Crippen LogP contribution in [0.1, 0.15) is 18.4 Å². The van der Waals surface area contributed by atoms with Crippen molar-refractivity contribution in [1.82, 2.24) is 0 Å². The second-order valence-electron chi connectivity index (χ2n) is 10.9. The number of hydrogen-bond acceptors (Lipinski definition) is 1. The second-order valence-corrected chi connectivity index (χ2v) is 12.0. The zero-order chi connectivity index (χ0) is 27.2. The van der Waals surface area contributed by atoms with E-state index in [1.54, 1.807) is 0 Å². The van der Waals surface area contributed by atoms with Gasteiger partial charge in [-0.2, -0.15) is 0 Å². The fourth-order valence-corrected chi connectivity index (χ4v) is 7.29. The van der Waals surface area contributed by atoms with Crippen molar-refractivity contribution in [1.29, 1.82) is 0 Å². The first-order chi connectivity index (χ1) is 20.3. The molecule has 0 aliphatic heterocycles. The van der Waals surface area contributed by atoms with Crippen molar-refractivity contribution in [2.24, 2.45) is 0 Å². The molecule has 0 nitrogen and oxygen atoms in total.